The summed E-state index contributed by atoms with van der Waals surface area (Å²) in [7, 11) is -3.78. The fourth-order valence-corrected chi connectivity index (χ4v) is 4.44. The summed E-state index contributed by atoms with van der Waals surface area (Å²) in [4.78, 5) is 10.4. The van der Waals surface area contributed by atoms with Crippen LogP contribution in [0.2, 0.25) is 0 Å². The standard InChI is InChI=1S/C10H13Br2N3O4S/c11-6-3-7(12)10(8(13)4-6)20(17,18)15-1-2-19-5-9(14)16/h3-4,15H,1-2,5,13H2,(H2,14,16). The maximum atomic E-state index is 12.1. The van der Waals surface area contributed by atoms with Crippen LogP contribution in [0.1, 0.15) is 0 Å². The van der Waals surface area contributed by atoms with Crippen LogP contribution in [0.25, 0.3) is 0 Å². The number of rotatable bonds is 7. The zero-order valence-electron chi connectivity index (χ0n) is 10.2. The number of sulfonamides is 1. The molecule has 0 aromatic heterocycles. The number of amides is 1. The Morgan fingerprint density at radius 3 is 2.55 bits per heavy atom. The molecule has 5 N–H and O–H groups in total. The lowest BCUT2D eigenvalue weighted by Gasteiger charge is -2.11. The maximum absolute atomic E-state index is 12.1. The first kappa shape index (κ1) is 17.4. The normalized spacial score (nSPS) is 11.5. The predicted molar refractivity (Wildman–Crippen MR) is 81.5 cm³/mol. The summed E-state index contributed by atoms with van der Waals surface area (Å²) < 4.78 is 32.4. The number of hydrogen-bond donors (Lipinski definition) is 3. The van der Waals surface area contributed by atoms with E-state index < -0.39 is 15.9 Å². The molecule has 1 aromatic carbocycles. The molecule has 0 heterocycles. The number of halogens is 2. The number of benzene rings is 1. The van der Waals surface area contributed by atoms with E-state index in [2.05, 4.69) is 36.6 Å². The summed E-state index contributed by atoms with van der Waals surface area (Å²) >= 11 is 6.37. The number of anilines is 1. The Bertz CT molecular complexity index is 584. The van der Waals surface area contributed by atoms with Gasteiger partial charge in [-0.2, -0.15) is 0 Å². The van der Waals surface area contributed by atoms with E-state index in [1.54, 1.807) is 6.07 Å². The van der Waals surface area contributed by atoms with Gasteiger partial charge in [-0.1, -0.05) is 15.9 Å². The van der Waals surface area contributed by atoms with E-state index in [-0.39, 0.29) is 30.3 Å². The summed E-state index contributed by atoms with van der Waals surface area (Å²) in [5.74, 6) is -0.618. The van der Waals surface area contributed by atoms with Gasteiger partial charge >= 0.3 is 0 Å². The Morgan fingerprint density at radius 1 is 1.35 bits per heavy atom. The van der Waals surface area contributed by atoms with Crippen LogP contribution in [0.15, 0.2) is 26.0 Å². The van der Waals surface area contributed by atoms with Crippen molar-refractivity contribution < 1.29 is 17.9 Å². The minimum absolute atomic E-state index is 0.00242. The predicted octanol–water partition coefficient (Wildman–Crippen LogP) is 0.574. The molecule has 0 radical (unpaired) electrons. The lowest BCUT2D eigenvalue weighted by molar-refractivity contribution is -0.122. The SMILES string of the molecule is NC(=O)COCCNS(=O)(=O)c1c(N)cc(Br)cc1Br. The minimum atomic E-state index is -3.78. The molecule has 112 valence electrons. The van der Waals surface area contributed by atoms with Crippen molar-refractivity contribution in [2.75, 3.05) is 25.5 Å². The monoisotopic (exact) mass is 429 g/mol. The van der Waals surface area contributed by atoms with Crippen LogP contribution in [0.4, 0.5) is 5.69 Å². The van der Waals surface area contributed by atoms with Crippen LogP contribution >= 0.6 is 31.9 Å². The lowest BCUT2D eigenvalue weighted by Crippen LogP contribution is -2.29. The first-order chi connectivity index (χ1) is 9.24. The van der Waals surface area contributed by atoms with Crippen molar-refractivity contribution in [2.45, 2.75) is 4.90 Å². The van der Waals surface area contributed by atoms with Crippen molar-refractivity contribution in [1.29, 1.82) is 0 Å². The highest BCUT2D eigenvalue weighted by molar-refractivity contribution is 9.11. The first-order valence-corrected chi connectivity index (χ1v) is 8.41. The minimum Gasteiger partial charge on any atom is -0.398 e. The Kier molecular flexibility index (Phi) is 6.40. The molecule has 1 amide bonds. The molecule has 0 bridgehead atoms. The molecular formula is C10H13Br2N3O4S. The van der Waals surface area contributed by atoms with E-state index >= 15 is 0 Å². The molecule has 1 rings (SSSR count). The highest BCUT2D eigenvalue weighted by atomic mass is 79.9. The largest absolute Gasteiger partial charge is 0.398 e. The third-order valence-corrected chi connectivity index (χ3v) is 5.01. The first-order valence-electron chi connectivity index (χ1n) is 5.34. The second kappa shape index (κ2) is 7.36. The maximum Gasteiger partial charge on any atom is 0.243 e. The van der Waals surface area contributed by atoms with Gasteiger partial charge in [0.15, 0.2) is 0 Å². The Morgan fingerprint density at radius 2 is 2.00 bits per heavy atom. The summed E-state index contributed by atoms with van der Waals surface area (Å²) in [5, 5.41) is 0. The van der Waals surface area contributed by atoms with Crippen LogP contribution in [-0.2, 0) is 19.6 Å². The molecule has 0 saturated carbocycles. The van der Waals surface area contributed by atoms with Gasteiger partial charge in [0.05, 0.1) is 12.3 Å². The van der Waals surface area contributed by atoms with Gasteiger partial charge in [0.25, 0.3) is 0 Å². The number of carbonyl (C=O) groups excluding carboxylic acids is 1. The second-order valence-corrected chi connectivity index (χ2v) is 7.20. The van der Waals surface area contributed by atoms with Crippen molar-refractivity contribution in [1.82, 2.24) is 4.72 Å². The molecule has 0 spiro atoms. The van der Waals surface area contributed by atoms with Crippen LogP contribution in [-0.4, -0.2) is 34.1 Å². The molecule has 1 aromatic rings. The molecule has 10 heteroatoms. The molecule has 0 aliphatic rings. The molecule has 0 saturated heterocycles. The number of nitrogens with two attached hydrogens (primary N) is 2. The van der Waals surface area contributed by atoms with E-state index in [1.165, 1.54) is 6.07 Å². The third kappa shape index (κ3) is 5.02. The Labute approximate surface area is 133 Å². The fraction of sp³-hybridized carbons (Fsp3) is 0.300. The lowest BCUT2D eigenvalue weighted by atomic mass is 10.3. The quantitative estimate of drug-likeness (QED) is 0.430. The highest BCUT2D eigenvalue weighted by Gasteiger charge is 2.21. The third-order valence-electron chi connectivity index (χ3n) is 2.09. The molecule has 0 aliphatic carbocycles. The fourth-order valence-electron chi connectivity index (χ4n) is 1.36. The van der Waals surface area contributed by atoms with Crippen LogP contribution in [0.3, 0.4) is 0 Å². The van der Waals surface area contributed by atoms with Crippen molar-refractivity contribution >= 4 is 53.5 Å². The van der Waals surface area contributed by atoms with E-state index in [1.807, 2.05) is 0 Å². The molecule has 0 fully saturated rings. The van der Waals surface area contributed by atoms with E-state index in [4.69, 9.17) is 16.2 Å². The number of nitrogens with one attached hydrogen (secondary N) is 1. The van der Waals surface area contributed by atoms with Crippen molar-refractivity contribution in [2.24, 2.45) is 5.73 Å². The van der Waals surface area contributed by atoms with Gasteiger partial charge in [0, 0.05) is 15.5 Å². The molecule has 20 heavy (non-hydrogen) atoms. The van der Waals surface area contributed by atoms with Crippen molar-refractivity contribution in [3.05, 3.63) is 21.1 Å². The van der Waals surface area contributed by atoms with Gasteiger partial charge in [-0.15, -0.1) is 0 Å². The van der Waals surface area contributed by atoms with Crippen molar-refractivity contribution in [3.63, 3.8) is 0 Å². The zero-order chi connectivity index (χ0) is 15.3. The molecule has 7 nitrogen and oxygen atoms in total. The number of nitrogen functional groups attached to an aromatic ring is 1. The topological polar surface area (TPSA) is 125 Å². The summed E-state index contributed by atoms with van der Waals surface area (Å²) in [6.07, 6.45) is 0. The Hall–Kier alpha value is -0.680. The summed E-state index contributed by atoms with van der Waals surface area (Å²) in [6, 6.07) is 3.07. The highest BCUT2D eigenvalue weighted by Crippen LogP contribution is 2.31. The van der Waals surface area contributed by atoms with Gasteiger partial charge in [0.1, 0.15) is 11.5 Å². The van der Waals surface area contributed by atoms with Crippen LogP contribution in [0.5, 0.6) is 0 Å². The smallest absolute Gasteiger partial charge is 0.243 e. The summed E-state index contributed by atoms with van der Waals surface area (Å²) in [5.41, 5.74) is 10.7. The van der Waals surface area contributed by atoms with Gasteiger partial charge in [-0.05, 0) is 28.1 Å². The average Bonchev–Trinajstić information content (AvgIpc) is 2.25. The van der Waals surface area contributed by atoms with E-state index in [0.717, 1.165) is 0 Å². The van der Waals surface area contributed by atoms with Crippen LogP contribution < -0.4 is 16.2 Å². The van der Waals surface area contributed by atoms with Crippen molar-refractivity contribution in [3.8, 4) is 0 Å². The summed E-state index contributed by atoms with van der Waals surface area (Å²) in [6.45, 7) is -0.236. The van der Waals surface area contributed by atoms with Gasteiger partial charge in [-0.3, -0.25) is 4.79 Å². The van der Waals surface area contributed by atoms with Gasteiger partial charge in [0.2, 0.25) is 15.9 Å². The number of ether oxygens (including phenoxy) is 1. The Balaban J connectivity index is 2.73. The average molecular weight is 431 g/mol. The molecular weight excluding hydrogens is 418 g/mol. The zero-order valence-corrected chi connectivity index (χ0v) is 14.2. The molecule has 0 atom stereocenters. The van der Waals surface area contributed by atoms with Crippen LogP contribution in [0, 0.1) is 0 Å². The second-order valence-electron chi connectivity index (χ2n) is 3.72. The number of hydrogen-bond acceptors (Lipinski definition) is 5. The number of carbonyl (C=O) groups is 1. The van der Waals surface area contributed by atoms with Gasteiger partial charge in [-0.25, -0.2) is 13.1 Å². The van der Waals surface area contributed by atoms with E-state index in [0.29, 0.717) is 8.95 Å². The van der Waals surface area contributed by atoms with Gasteiger partial charge < -0.3 is 16.2 Å². The molecule has 0 aliphatic heterocycles. The number of primary amides is 1. The van der Waals surface area contributed by atoms with E-state index in [9.17, 15) is 13.2 Å². The molecule has 0 unspecified atom stereocenters.